The van der Waals surface area contributed by atoms with Gasteiger partial charge in [0.05, 0.1) is 22.9 Å². The number of nitrogens with one attached hydrogen (secondary N) is 1. The van der Waals surface area contributed by atoms with Gasteiger partial charge in [-0.2, -0.15) is 0 Å². The van der Waals surface area contributed by atoms with Gasteiger partial charge >= 0.3 is 0 Å². The Bertz CT molecular complexity index is 556. The monoisotopic (exact) mass is 308 g/mol. The number of thioether (sulfide) groups is 1. The number of thiazole rings is 1. The highest BCUT2D eigenvalue weighted by Gasteiger charge is 2.12. The molecular weight excluding hydrogens is 292 g/mol. The van der Waals surface area contributed by atoms with E-state index in [-0.39, 0.29) is 12.5 Å². The zero-order chi connectivity index (χ0) is 14.4. The zero-order valence-corrected chi connectivity index (χ0v) is 12.7. The fourth-order valence-electron chi connectivity index (χ4n) is 1.58. The molecule has 2 rings (SSSR count). The van der Waals surface area contributed by atoms with Crippen LogP contribution in [0.4, 0.5) is 0 Å². The summed E-state index contributed by atoms with van der Waals surface area (Å²) in [5, 5.41) is 13.9. The maximum absolute atomic E-state index is 12.1. The first-order chi connectivity index (χ1) is 9.66. The van der Waals surface area contributed by atoms with Crippen molar-refractivity contribution in [1.29, 1.82) is 0 Å². The van der Waals surface area contributed by atoms with Crippen LogP contribution in [0.2, 0.25) is 0 Å². The Morgan fingerprint density at radius 1 is 1.50 bits per heavy atom. The van der Waals surface area contributed by atoms with Crippen molar-refractivity contribution in [2.75, 3.05) is 6.54 Å². The number of aliphatic hydroxyl groups is 1. The lowest BCUT2D eigenvalue weighted by Crippen LogP contribution is -2.30. The van der Waals surface area contributed by atoms with Crippen LogP contribution < -0.4 is 5.32 Å². The largest absolute Gasteiger partial charge is 0.392 e. The van der Waals surface area contributed by atoms with E-state index in [0.717, 1.165) is 16.3 Å². The highest BCUT2D eigenvalue weighted by Crippen LogP contribution is 2.26. The summed E-state index contributed by atoms with van der Waals surface area (Å²) < 4.78 is 0. The van der Waals surface area contributed by atoms with Crippen molar-refractivity contribution >= 4 is 29.0 Å². The number of rotatable bonds is 6. The van der Waals surface area contributed by atoms with Gasteiger partial charge in [0, 0.05) is 22.6 Å². The fourth-order valence-corrected chi connectivity index (χ4v) is 3.19. The van der Waals surface area contributed by atoms with E-state index in [2.05, 4.69) is 10.3 Å². The van der Waals surface area contributed by atoms with Gasteiger partial charge in [0.2, 0.25) is 0 Å². The minimum atomic E-state index is -0.547. The van der Waals surface area contributed by atoms with Crippen LogP contribution in [-0.4, -0.2) is 28.6 Å². The molecule has 20 heavy (non-hydrogen) atoms. The van der Waals surface area contributed by atoms with Crippen LogP contribution in [0.1, 0.15) is 23.0 Å². The molecule has 2 aromatic rings. The average molecular weight is 308 g/mol. The maximum Gasteiger partial charge on any atom is 0.252 e. The SMILES string of the molecule is CC(O)CNC(=O)c1ccccc1SCc1cscn1. The number of benzene rings is 1. The second-order valence-corrected chi connectivity index (χ2v) is 6.06. The molecule has 6 heteroatoms. The molecule has 1 amide bonds. The van der Waals surface area contributed by atoms with Crippen LogP contribution in [-0.2, 0) is 5.75 Å². The molecule has 106 valence electrons. The lowest BCUT2D eigenvalue weighted by molar-refractivity contribution is 0.0921. The molecule has 1 aromatic carbocycles. The molecule has 1 atom stereocenters. The average Bonchev–Trinajstić information content (AvgIpc) is 2.96. The minimum Gasteiger partial charge on any atom is -0.392 e. The predicted octanol–water partition coefficient (Wildman–Crippen LogP) is 2.55. The molecule has 0 bridgehead atoms. The first-order valence-electron chi connectivity index (χ1n) is 6.22. The van der Waals surface area contributed by atoms with Crippen molar-refractivity contribution in [1.82, 2.24) is 10.3 Å². The van der Waals surface area contributed by atoms with Gasteiger partial charge in [-0.3, -0.25) is 4.79 Å². The third kappa shape index (κ3) is 4.33. The van der Waals surface area contributed by atoms with E-state index in [1.165, 1.54) is 0 Å². The number of aliphatic hydroxyl groups excluding tert-OH is 1. The van der Waals surface area contributed by atoms with Crippen molar-refractivity contribution in [3.8, 4) is 0 Å². The van der Waals surface area contributed by atoms with E-state index in [9.17, 15) is 9.90 Å². The molecule has 2 N–H and O–H groups in total. The topological polar surface area (TPSA) is 62.2 Å². The summed E-state index contributed by atoms with van der Waals surface area (Å²) >= 11 is 3.15. The van der Waals surface area contributed by atoms with Gasteiger partial charge in [-0.25, -0.2) is 4.98 Å². The molecule has 1 aromatic heterocycles. The lowest BCUT2D eigenvalue weighted by atomic mass is 10.2. The number of hydrogen-bond donors (Lipinski definition) is 2. The zero-order valence-electron chi connectivity index (χ0n) is 11.1. The van der Waals surface area contributed by atoms with Crippen LogP contribution in [0.3, 0.4) is 0 Å². The first-order valence-corrected chi connectivity index (χ1v) is 8.15. The Kier molecular flexibility index (Phi) is 5.58. The Morgan fingerprint density at radius 3 is 3.00 bits per heavy atom. The molecule has 1 unspecified atom stereocenters. The highest BCUT2D eigenvalue weighted by atomic mass is 32.2. The fraction of sp³-hybridized carbons (Fsp3) is 0.286. The molecule has 0 radical (unpaired) electrons. The summed E-state index contributed by atoms with van der Waals surface area (Å²) in [5.41, 5.74) is 3.45. The summed E-state index contributed by atoms with van der Waals surface area (Å²) in [6.45, 7) is 1.90. The van der Waals surface area contributed by atoms with Crippen LogP contribution >= 0.6 is 23.1 Å². The summed E-state index contributed by atoms with van der Waals surface area (Å²) in [6.07, 6.45) is -0.547. The van der Waals surface area contributed by atoms with Crippen LogP contribution in [0.5, 0.6) is 0 Å². The van der Waals surface area contributed by atoms with E-state index >= 15 is 0 Å². The molecule has 1 heterocycles. The number of carbonyl (C=O) groups excluding carboxylic acids is 1. The molecule has 0 aliphatic carbocycles. The smallest absolute Gasteiger partial charge is 0.252 e. The van der Waals surface area contributed by atoms with Gasteiger partial charge in [0.25, 0.3) is 5.91 Å². The summed E-state index contributed by atoms with van der Waals surface area (Å²) in [4.78, 5) is 17.2. The highest BCUT2D eigenvalue weighted by molar-refractivity contribution is 7.98. The van der Waals surface area contributed by atoms with Crippen LogP contribution in [0.15, 0.2) is 40.1 Å². The molecule has 0 saturated carbocycles. The standard InChI is InChI=1S/C14H16N2O2S2/c1-10(17)6-15-14(18)12-4-2-3-5-13(12)20-8-11-7-19-9-16-11/h2-5,7,9-10,17H,6,8H2,1H3,(H,15,18). The number of aromatic nitrogens is 1. The van der Waals surface area contributed by atoms with Crippen molar-refractivity contribution in [3.63, 3.8) is 0 Å². The molecule has 4 nitrogen and oxygen atoms in total. The van der Waals surface area contributed by atoms with Crippen LogP contribution in [0.25, 0.3) is 0 Å². The molecule has 0 saturated heterocycles. The Morgan fingerprint density at radius 2 is 2.30 bits per heavy atom. The molecule has 0 aliphatic rings. The van der Waals surface area contributed by atoms with Gasteiger partial charge in [-0.1, -0.05) is 12.1 Å². The Labute approximate surface area is 126 Å². The van der Waals surface area contributed by atoms with Crippen LogP contribution in [0, 0.1) is 0 Å². The molecular formula is C14H16N2O2S2. The van der Waals surface area contributed by atoms with Crippen molar-refractivity contribution in [3.05, 3.63) is 46.4 Å². The minimum absolute atomic E-state index is 0.160. The normalized spacial score (nSPS) is 12.1. The number of carbonyl (C=O) groups is 1. The first kappa shape index (κ1) is 15.0. The maximum atomic E-state index is 12.1. The van der Waals surface area contributed by atoms with Gasteiger partial charge in [-0.05, 0) is 19.1 Å². The van der Waals surface area contributed by atoms with Gasteiger partial charge in [0.15, 0.2) is 0 Å². The van der Waals surface area contributed by atoms with Gasteiger partial charge in [0.1, 0.15) is 0 Å². The summed E-state index contributed by atoms with van der Waals surface area (Å²) in [7, 11) is 0. The molecule has 0 aliphatic heterocycles. The lowest BCUT2D eigenvalue weighted by Gasteiger charge is -2.10. The van der Waals surface area contributed by atoms with E-state index in [1.54, 1.807) is 41.6 Å². The van der Waals surface area contributed by atoms with E-state index in [1.807, 2.05) is 23.6 Å². The Hall–Kier alpha value is -1.37. The van der Waals surface area contributed by atoms with E-state index in [0.29, 0.717) is 5.56 Å². The summed E-state index contributed by atoms with van der Waals surface area (Å²) in [6, 6.07) is 7.47. The summed E-state index contributed by atoms with van der Waals surface area (Å²) in [5.74, 6) is 0.580. The second kappa shape index (κ2) is 7.42. The Balaban J connectivity index is 2.03. The number of amides is 1. The molecule has 0 spiro atoms. The van der Waals surface area contributed by atoms with Gasteiger partial charge < -0.3 is 10.4 Å². The second-order valence-electron chi connectivity index (χ2n) is 4.32. The van der Waals surface area contributed by atoms with E-state index in [4.69, 9.17) is 0 Å². The van der Waals surface area contributed by atoms with Crippen molar-refractivity contribution in [2.45, 2.75) is 23.7 Å². The third-order valence-electron chi connectivity index (χ3n) is 2.55. The number of hydrogen-bond acceptors (Lipinski definition) is 5. The van der Waals surface area contributed by atoms with Gasteiger partial charge in [-0.15, -0.1) is 23.1 Å². The third-order valence-corrected chi connectivity index (χ3v) is 4.29. The molecule has 0 fully saturated rings. The number of nitrogens with zero attached hydrogens (tertiary/aromatic N) is 1. The predicted molar refractivity (Wildman–Crippen MR) is 82.1 cm³/mol. The van der Waals surface area contributed by atoms with Crippen molar-refractivity contribution in [2.24, 2.45) is 0 Å². The quantitative estimate of drug-likeness (QED) is 0.805. The van der Waals surface area contributed by atoms with Crippen molar-refractivity contribution < 1.29 is 9.90 Å². The van der Waals surface area contributed by atoms with E-state index < -0.39 is 6.10 Å².